The van der Waals surface area contributed by atoms with E-state index in [4.69, 9.17) is 11.6 Å². The zero-order valence-electron chi connectivity index (χ0n) is 4.99. The Morgan fingerprint density at radius 1 is 1.70 bits per heavy atom. The van der Waals surface area contributed by atoms with E-state index in [1.165, 1.54) is 6.20 Å². The van der Waals surface area contributed by atoms with Crippen LogP contribution in [0.3, 0.4) is 0 Å². The van der Waals surface area contributed by atoms with Gasteiger partial charge in [-0.25, -0.2) is 0 Å². The zero-order valence-corrected chi connectivity index (χ0v) is 5.75. The molecule has 0 radical (unpaired) electrons. The third-order valence-corrected chi connectivity index (χ3v) is 1.31. The molecule has 1 aromatic heterocycles. The maximum absolute atomic E-state index is 9.77. The smallest absolute Gasteiger partial charge is 0.156 e. The molecule has 1 rings (SSSR count). The number of hydrogen-bond donors (Lipinski definition) is 0. The predicted molar refractivity (Wildman–Crippen MR) is 36.5 cm³/mol. The lowest BCUT2D eigenvalue weighted by atomic mass is 10.3. The fourth-order valence-corrected chi connectivity index (χ4v) is 0.694. The van der Waals surface area contributed by atoms with Crippen LogP contribution in [0.5, 0.6) is 0 Å². The highest BCUT2D eigenvalue weighted by atomic mass is 35.5. The summed E-state index contributed by atoms with van der Waals surface area (Å²) >= 11 is 5.53. The van der Waals surface area contributed by atoms with Crippen molar-refractivity contribution in [3.05, 3.63) is 27.9 Å². The predicted octanol–water partition coefficient (Wildman–Crippen LogP) is 1.40. The highest BCUT2D eigenvalue weighted by Crippen LogP contribution is 2.10. The van der Waals surface area contributed by atoms with Crippen molar-refractivity contribution >= 4 is 11.6 Å². The van der Waals surface area contributed by atoms with Gasteiger partial charge < -0.3 is 0 Å². The summed E-state index contributed by atoms with van der Waals surface area (Å²) in [4.78, 5) is 9.77. The SMILES string of the molecule is O=NCc1ccnnc1Cl. The molecule has 1 aromatic rings. The Morgan fingerprint density at radius 2 is 2.50 bits per heavy atom. The summed E-state index contributed by atoms with van der Waals surface area (Å²) < 4.78 is 0. The second-order valence-corrected chi connectivity index (χ2v) is 1.99. The van der Waals surface area contributed by atoms with Gasteiger partial charge in [0.05, 0.1) is 6.20 Å². The van der Waals surface area contributed by atoms with Crippen LogP contribution in [0.25, 0.3) is 0 Å². The average Bonchev–Trinajstić information content (AvgIpc) is 1.94. The summed E-state index contributed by atoms with van der Waals surface area (Å²) in [6.45, 7) is 0.0500. The Balaban J connectivity index is 2.91. The van der Waals surface area contributed by atoms with E-state index in [1.54, 1.807) is 6.07 Å². The lowest BCUT2D eigenvalue weighted by molar-refractivity contribution is 0.962. The molecule has 10 heavy (non-hydrogen) atoms. The number of nitrogens with zero attached hydrogens (tertiary/aromatic N) is 3. The maximum atomic E-state index is 9.77. The average molecular weight is 158 g/mol. The molecule has 0 bridgehead atoms. The number of nitroso groups, excluding NO2 is 1. The molecule has 0 amide bonds. The second-order valence-electron chi connectivity index (χ2n) is 1.63. The third kappa shape index (κ3) is 1.48. The first-order valence-electron chi connectivity index (χ1n) is 2.60. The number of aromatic nitrogens is 2. The van der Waals surface area contributed by atoms with Crippen molar-refractivity contribution in [2.75, 3.05) is 0 Å². The van der Waals surface area contributed by atoms with Crippen LogP contribution in [0, 0.1) is 4.91 Å². The van der Waals surface area contributed by atoms with Crippen molar-refractivity contribution in [3.8, 4) is 0 Å². The monoisotopic (exact) mass is 157 g/mol. The van der Waals surface area contributed by atoms with E-state index in [0.717, 1.165) is 0 Å². The zero-order chi connectivity index (χ0) is 7.40. The Bertz CT molecular complexity index is 240. The lowest BCUT2D eigenvalue weighted by Gasteiger charge is -1.92. The molecule has 0 aliphatic carbocycles. The van der Waals surface area contributed by atoms with Gasteiger partial charge in [-0.2, -0.15) is 10.0 Å². The van der Waals surface area contributed by atoms with Gasteiger partial charge in [-0.05, 0) is 6.07 Å². The molecule has 0 saturated heterocycles. The van der Waals surface area contributed by atoms with Gasteiger partial charge in [-0.3, -0.25) is 0 Å². The summed E-state index contributed by atoms with van der Waals surface area (Å²) in [5.41, 5.74) is 0.603. The molecule has 4 nitrogen and oxygen atoms in total. The Morgan fingerprint density at radius 3 is 3.10 bits per heavy atom. The first-order valence-corrected chi connectivity index (χ1v) is 2.97. The van der Waals surface area contributed by atoms with Crippen LogP contribution < -0.4 is 0 Å². The van der Waals surface area contributed by atoms with Crippen LogP contribution >= 0.6 is 11.6 Å². The molecule has 0 spiro atoms. The first-order chi connectivity index (χ1) is 4.84. The largest absolute Gasteiger partial charge is 0.158 e. The molecule has 0 fully saturated rings. The standard InChI is InChI=1S/C5H4ClN3O/c6-5-4(3-8-10)1-2-7-9-5/h1-2H,3H2. The van der Waals surface area contributed by atoms with Gasteiger partial charge in [-0.1, -0.05) is 16.8 Å². The summed E-state index contributed by atoms with van der Waals surface area (Å²) in [5, 5.41) is 9.92. The molecule has 1 heterocycles. The third-order valence-electron chi connectivity index (χ3n) is 0.988. The van der Waals surface area contributed by atoms with Crippen molar-refractivity contribution in [2.24, 2.45) is 5.18 Å². The van der Waals surface area contributed by atoms with Gasteiger partial charge in [0.25, 0.3) is 0 Å². The molecule has 0 N–H and O–H groups in total. The van der Waals surface area contributed by atoms with E-state index in [0.29, 0.717) is 5.56 Å². The molecule has 0 aromatic carbocycles. The van der Waals surface area contributed by atoms with Gasteiger partial charge in [0, 0.05) is 5.56 Å². The van der Waals surface area contributed by atoms with E-state index >= 15 is 0 Å². The minimum absolute atomic E-state index is 0.0500. The maximum Gasteiger partial charge on any atom is 0.156 e. The lowest BCUT2D eigenvalue weighted by Crippen LogP contribution is -1.87. The van der Waals surface area contributed by atoms with E-state index in [2.05, 4.69) is 15.4 Å². The molecular weight excluding hydrogens is 154 g/mol. The Kier molecular flexibility index (Phi) is 2.28. The molecule has 0 aliphatic heterocycles. The Labute approximate surface area is 62.2 Å². The van der Waals surface area contributed by atoms with Crippen molar-refractivity contribution in [2.45, 2.75) is 6.54 Å². The molecule has 52 valence electrons. The number of halogens is 1. The van der Waals surface area contributed by atoms with Crippen LogP contribution in [0.4, 0.5) is 0 Å². The molecule has 0 aliphatic rings. The van der Waals surface area contributed by atoms with E-state index in [-0.39, 0.29) is 11.7 Å². The summed E-state index contributed by atoms with van der Waals surface area (Å²) in [6.07, 6.45) is 1.46. The summed E-state index contributed by atoms with van der Waals surface area (Å²) in [6, 6.07) is 1.61. The van der Waals surface area contributed by atoms with Crippen molar-refractivity contribution in [1.29, 1.82) is 0 Å². The van der Waals surface area contributed by atoms with Crippen molar-refractivity contribution in [3.63, 3.8) is 0 Å². The fourth-order valence-electron chi connectivity index (χ4n) is 0.528. The van der Waals surface area contributed by atoms with Gasteiger partial charge in [0.2, 0.25) is 0 Å². The van der Waals surface area contributed by atoms with E-state index in [9.17, 15) is 4.91 Å². The van der Waals surface area contributed by atoms with Gasteiger partial charge in [0.15, 0.2) is 5.15 Å². The van der Waals surface area contributed by atoms with Crippen LogP contribution in [0.1, 0.15) is 5.56 Å². The minimum Gasteiger partial charge on any atom is -0.158 e. The van der Waals surface area contributed by atoms with Gasteiger partial charge in [-0.15, -0.1) is 5.10 Å². The van der Waals surface area contributed by atoms with Gasteiger partial charge in [0.1, 0.15) is 6.54 Å². The Hall–Kier alpha value is -1.03. The van der Waals surface area contributed by atoms with Crippen LogP contribution in [-0.4, -0.2) is 10.2 Å². The van der Waals surface area contributed by atoms with Crippen LogP contribution in [0.2, 0.25) is 5.15 Å². The van der Waals surface area contributed by atoms with E-state index in [1.807, 2.05) is 0 Å². The fraction of sp³-hybridized carbons (Fsp3) is 0.200. The molecule has 0 saturated carbocycles. The van der Waals surface area contributed by atoms with Crippen LogP contribution in [-0.2, 0) is 6.54 Å². The first kappa shape index (κ1) is 7.08. The van der Waals surface area contributed by atoms with E-state index < -0.39 is 0 Å². The molecule has 5 heteroatoms. The topological polar surface area (TPSA) is 55.2 Å². The molecule has 0 atom stereocenters. The highest BCUT2D eigenvalue weighted by molar-refractivity contribution is 6.30. The summed E-state index contributed by atoms with van der Waals surface area (Å²) in [7, 11) is 0. The van der Waals surface area contributed by atoms with Crippen molar-refractivity contribution in [1.82, 2.24) is 10.2 Å². The van der Waals surface area contributed by atoms with Crippen molar-refractivity contribution < 1.29 is 0 Å². The van der Waals surface area contributed by atoms with Gasteiger partial charge >= 0.3 is 0 Å². The van der Waals surface area contributed by atoms with Crippen LogP contribution in [0.15, 0.2) is 17.4 Å². The normalized spacial score (nSPS) is 9.30. The molecular formula is C5H4ClN3O. The number of rotatable bonds is 2. The number of hydrogen-bond acceptors (Lipinski definition) is 4. The highest BCUT2D eigenvalue weighted by Gasteiger charge is 1.98. The molecule has 0 unspecified atom stereocenters. The summed E-state index contributed by atoms with van der Waals surface area (Å²) in [5.74, 6) is 0. The quantitative estimate of drug-likeness (QED) is 0.610. The minimum atomic E-state index is 0.0500. The second kappa shape index (κ2) is 3.22.